The number of carboxylic acid groups (broad SMARTS) is 2. The fourth-order valence-electron chi connectivity index (χ4n) is 9.15. The van der Waals surface area contributed by atoms with E-state index >= 15 is 0 Å². The zero-order chi connectivity index (χ0) is 52.9. The standard InChI is InChI=1S/C50H65N11O12/c1-26(2)42-50(73)61-20-10-16-39(61)49(72)56-35(17-18-40(62)63)44(67)54-27(3)43(66)55-34(15-8-9-19-51)45(68)59-38(23-41(64)65)47(70)57-36(21-28-24-52-32-13-6-4-11-30(28)32)46(69)58-37(48(71)60-42)22-29-25-53-33-14-7-5-12-31(29)33/h4-7,11-14,24-27,34-39,42,52-53H,8-10,15-23,51H2,1-3H3,(H,54,67)(H,55,66)(H,56,72)(H,57,70)(H,58,69)(H,59,68)(H,60,71)(H,62,63)(H,64,65)/t27-,34+,35-,36-,37+,38-,39+,42-/m0/s1. The number of amides is 8. The molecular weight excluding hydrogens is 947 g/mol. The Balaban J connectivity index is 1.43. The van der Waals surface area contributed by atoms with Crippen molar-refractivity contribution in [2.24, 2.45) is 11.7 Å². The Labute approximate surface area is 420 Å². The van der Waals surface area contributed by atoms with Gasteiger partial charge >= 0.3 is 11.9 Å². The number of carbonyl (C=O) groups excluding carboxylic acids is 8. The van der Waals surface area contributed by atoms with Crippen LogP contribution in [0.3, 0.4) is 0 Å². The topological polar surface area (TPSA) is 356 Å². The number of nitrogens with zero attached hydrogens (tertiary/aromatic N) is 1. The molecule has 0 unspecified atom stereocenters. The Morgan fingerprint density at radius 2 is 1.11 bits per heavy atom. The molecule has 23 heteroatoms. The molecular formula is C50H65N11O12. The van der Waals surface area contributed by atoms with Crippen LogP contribution in [0.4, 0.5) is 0 Å². The molecule has 0 bridgehead atoms. The molecule has 0 saturated carbocycles. The van der Waals surface area contributed by atoms with Gasteiger partial charge in [-0.1, -0.05) is 50.2 Å². The summed E-state index contributed by atoms with van der Waals surface area (Å²) in [5.41, 5.74) is 8.33. The second kappa shape index (κ2) is 25.0. The van der Waals surface area contributed by atoms with Gasteiger partial charge in [-0.3, -0.25) is 47.9 Å². The molecule has 2 aromatic carbocycles. The van der Waals surface area contributed by atoms with E-state index in [4.69, 9.17) is 5.73 Å². The monoisotopic (exact) mass is 1010 g/mol. The first-order valence-electron chi connectivity index (χ1n) is 24.5. The van der Waals surface area contributed by atoms with Crippen molar-refractivity contribution in [1.82, 2.24) is 52.1 Å². The third-order valence-electron chi connectivity index (χ3n) is 13.2. The molecule has 2 fully saturated rings. The van der Waals surface area contributed by atoms with Crippen molar-refractivity contribution in [3.8, 4) is 0 Å². The molecule has 0 aliphatic carbocycles. The summed E-state index contributed by atoms with van der Waals surface area (Å²) in [4.78, 5) is 146. The van der Waals surface area contributed by atoms with Gasteiger partial charge in [0.1, 0.15) is 48.3 Å². The summed E-state index contributed by atoms with van der Waals surface area (Å²) < 4.78 is 0. The Morgan fingerprint density at radius 3 is 1.67 bits per heavy atom. The number of aromatic amines is 2. The van der Waals surface area contributed by atoms with Crippen molar-refractivity contribution < 1.29 is 58.2 Å². The van der Waals surface area contributed by atoms with E-state index in [0.717, 1.165) is 10.9 Å². The van der Waals surface area contributed by atoms with Gasteiger partial charge in [0.25, 0.3) is 0 Å². The molecule has 4 heterocycles. The van der Waals surface area contributed by atoms with Crippen LogP contribution < -0.4 is 43.0 Å². The number of benzene rings is 2. The first-order chi connectivity index (χ1) is 34.8. The molecule has 23 nitrogen and oxygen atoms in total. The minimum atomic E-state index is -1.82. The first kappa shape index (κ1) is 54.5. The third kappa shape index (κ3) is 14.2. The Kier molecular flexibility index (Phi) is 18.7. The molecule has 2 aliphatic rings. The highest BCUT2D eigenvalue weighted by Crippen LogP contribution is 2.24. The van der Waals surface area contributed by atoms with Crippen LogP contribution in [0.25, 0.3) is 21.8 Å². The smallest absolute Gasteiger partial charge is 0.305 e. The molecule has 13 N–H and O–H groups in total. The highest BCUT2D eigenvalue weighted by atomic mass is 16.4. The molecule has 0 radical (unpaired) electrons. The average molecular weight is 1010 g/mol. The fraction of sp³-hybridized carbons (Fsp3) is 0.480. The normalized spacial score (nSPS) is 24.4. The van der Waals surface area contributed by atoms with Crippen molar-refractivity contribution in [3.63, 3.8) is 0 Å². The van der Waals surface area contributed by atoms with Crippen molar-refractivity contribution >= 4 is 81.0 Å². The number of unbranched alkanes of at least 4 members (excludes halogenated alkanes) is 1. The van der Waals surface area contributed by atoms with Gasteiger partial charge in [-0.25, -0.2) is 0 Å². The molecule has 0 spiro atoms. The molecule has 6 rings (SSSR count). The second-order valence-corrected chi connectivity index (χ2v) is 18.9. The number of hydrogen-bond acceptors (Lipinski definition) is 11. The molecule has 73 heavy (non-hydrogen) atoms. The van der Waals surface area contributed by atoms with Crippen LogP contribution in [0, 0.1) is 5.92 Å². The predicted octanol–water partition coefficient (Wildman–Crippen LogP) is -0.0230. The van der Waals surface area contributed by atoms with Crippen LogP contribution in [0.1, 0.15) is 83.3 Å². The van der Waals surface area contributed by atoms with Gasteiger partial charge in [-0.05, 0) is 81.2 Å². The van der Waals surface area contributed by atoms with E-state index in [0.29, 0.717) is 34.9 Å². The first-order valence-corrected chi connectivity index (χ1v) is 24.5. The van der Waals surface area contributed by atoms with Crippen molar-refractivity contribution in [1.29, 1.82) is 0 Å². The number of fused-ring (bicyclic) bond motifs is 3. The number of aromatic nitrogens is 2. The van der Waals surface area contributed by atoms with Crippen LogP contribution in [0.2, 0.25) is 0 Å². The molecule has 8 atom stereocenters. The lowest BCUT2D eigenvalue weighted by Gasteiger charge is -2.32. The third-order valence-corrected chi connectivity index (χ3v) is 13.2. The summed E-state index contributed by atoms with van der Waals surface area (Å²) >= 11 is 0. The number of hydrogen-bond donors (Lipinski definition) is 12. The number of carbonyl (C=O) groups is 10. The van der Waals surface area contributed by atoms with E-state index in [1.54, 1.807) is 56.6 Å². The number of carboxylic acids is 2. The summed E-state index contributed by atoms with van der Waals surface area (Å²) in [5, 5.41) is 39.2. The van der Waals surface area contributed by atoms with Gasteiger partial charge in [-0.15, -0.1) is 0 Å². The maximum absolute atomic E-state index is 14.9. The quantitative estimate of drug-likeness (QED) is 0.0740. The van der Waals surface area contributed by atoms with Crippen LogP contribution in [0.5, 0.6) is 0 Å². The minimum Gasteiger partial charge on any atom is -0.481 e. The van der Waals surface area contributed by atoms with E-state index < -0.39 is 133 Å². The van der Waals surface area contributed by atoms with Gasteiger partial charge < -0.3 is 68.0 Å². The molecule has 392 valence electrons. The fourth-order valence-corrected chi connectivity index (χ4v) is 9.15. The van der Waals surface area contributed by atoms with E-state index in [9.17, 15) is 58.2 Å². The van der Waals surface area contributed by atoms with Gasteiger partial charge in [0.2, 0.25) is 47.3 Å². The molecule has 2 aromatic heterocycles. The molecule has 2 aliphatic heterocycles. The maximum Gasteiger partial charge on any atom is 0.305 e. The van der Waals surface area contributed by atoms with Crippen LogP contribution in [0.15, 0.2) is 60.9 Å². The van der Waals surface area contributed by atoms with Crippen molar-refractivity contribution in [2.45, 2.75) is 133 Å². The van der Waals surface area contributed by atoms with E-state index in [2.05, 4.69) is 47.2 Å². The van der Waals surface area contributed by atoms with Gasteiger partial charge in [-0.2, -0.15) is 0 Å². The SMILES string of the molecule is CC(C)[C@@H]1NC(=O)[C@@H](Cc2c[nH]c3ccccc23)NC(=O)[C@H](Cc2c[nH]c3ccccc23)NC(=O)[C@H](CC(=O)O)NC(=O)[C@@H](CCCCN)NC(=O)[C@H](C)NC(=O)[C@H](CCC(=O)O)NC(=O)[C@H]2CCCN2C1=O. The largest absolute Gasteiger partial charge is 0.481 e. The molecule has 2 saturated heterocycles. The maximum atomic E-state index is 14.9. The minimum absolute atomic E-state index is 0.0477. The predicted molar refractivity (Wildman–Crippen MR) is 265 cm³/mol. The lowest BCUT2D eigenvalue weighted by Crippen LogP contribution is -2.62. The summed E-state index contributed by atoms with van der Waals surface area (Å²) in [5.74, 6) is -10.4. The lowest BCUT2D eigenvalue weighted by molar-refractivity contribution is -0.143. The average Bonchev–Trinajstić information content (AvgIpc) is 4.12. The molecule has 8 amide bonds. The number of nitrogens with two attached hydrogens (primary N) is 1. The van der Waals surface area contributed by atoms with E-state index in [-0.39, 0.29) is 45.2 Å². The van der Waals surface area contributed by atoms with Gasteiger partial charge in [0.15, 0.2) is 0 Å². The second-order valence-electron chi connectivity index (χ2n) is 18.9. The highest BCUT2D eigenvalue weighted by molar-refractivity contribution is 6.00. The number of para-hydroxylation sites is 2. The zero-order valence-corrected chi connectivity index (χ0v) is 41.0. The van der Waals surface area contributed by atoms with E-state index in [1.165, 1.54) is 11.8 Å². The van der Waals surface area contributed by atoms with Crippen LogP contribution in [-0.2, 0) is 60.8 Å². The summed E-state index contributed by atoms with van der Waals surface area (Å²) in [6, 6.07) is 2.95. The summed E-state index contributed by atoms with van der Waals surface area (Å²) in [6.45, 7) is 4.96. The van der Waals surface area contributed by atoms with Crippen molar-refractivity contribution in [3.05, 3.63) is 72.1 Å². The summed E-state index contributed by atoms with van der Waals surface area (Å²) in [7, 11) is 0. The Hall–Kier alpha value is -7.82. The summed E-state index contributed by atoms with van der Waals surface area (Å²) in [6.07, 6.45) is 2.22. The van der Waals surface area contributed by atoms with E-state index in [1.807, 2.05) is 18.2 Å². The molecule has 4 aromatic rings. The number of rotatable bonds is 14. The van der Waals surface area contributed by atoms with Crippen LogP contribution >= 0.6 is 0 Å². The number of nitrogens with one attached hydrogen (secondary N) is 9. The Morgan fingerprint density at radius 1 is 0.616 bits per heavy atom. The van der Waals surface area contributed by atoms with Gasteiger partial charge in [0, 0.05) is 60.0 Å². The highest BCUT2D eigenvalue weighted by Gasteiger charge is 2.41. The van der Waals surface area contributed by atoms with Crippen LogP contribution in [-0.4, -0.2) is 146 Å². The Bertz CT molecular complexity index is 2700. The number of H-pyrrole nitrogens is 2. The number of aliphatic carboxylic acids is 2. The van der Waals surface area contributed by atoms with Crippen molar-refractivity contribution in [2.75, 3.05) is 13.1 Å². The van der Waals surface area contributed by atoms with Gasteiger partial charge in [0.05, 0.1) is 6.42 Å². The lowest BCUT2D eigenvalue weighted by atomic mass is 9.99. The zero-order valence-electron chi connectivity index (χ0n) is 41.0.